The fourth-order valence-electron chi connectivity index (χ4n) is 5.66. The summed E-state index contributed by atoms with van der Waals surface area (Å²) in [5.74, 6) is 0.932. The molecule has 3 aromatic rings. The number of anilines is 2. The quantitative estimate of drug-likeness (QED) is 0.302. The van der Waals surface area contributed by atoms with Gasteiger partial charge in [0.1, 0.15) is 35.7 Å². The van der Waals surface area contributed by atoms with Crippen molar-refractivity contribution in [3.63, 3.8) is 0 Å². The molecule has 0 saturated carbocycles. The third-order valence-corrected chi connectivity index (χ3v) is 9.69. The molecule has 212 valence electrons. The van der Waals surface area contributed by atoms with Crippen LogP contribution in [0.5, 0.6) is 11.5 Å². The number of allylic oxidation sites excluding steroid dienone is 1. The van der Waals surface area contributed by atoms with E-state index >= 15 is 4.39 Å². The number of carbonyl (C=O) groups excluding carboxylic acids is 1. The Morgan fingerprint density at radius 1 is 1.20 bits per heavy atom. The average molecular weight is 575 g/mol. The summed E-state index contributed by atoms with van der Waals surface area (Å²) in [5, 5.41) is 14.1. The van der Waals surface area contributed by atoms with Crippen LogP contribution in [0.3, 0.4) is 0 Å². The molecule has 2 aliphatic heterocycles. The van der Waals surface area contributed by atoms with Gasteiger partial charge in [0.2, 0.25) is 5.91 Å². The predicted molar refractivity (Wildman–Crippen MR) is 157 cm³/mol. The van der Waals surface area contributed by atoms with Gasteiger partial charge in [-0.3, -0.25) is 9.69 Å². The number of nitrogens with one attached hydrogen (secondary N) is 1. The van der Waals surface area contributed by atoms with Gasteiger partial charge in [0.05, 0.1) is 22.8 Å². The topological polar surface area (TPSA) is 95.9 Å². The van der Waals surface area contributed by atoms with Crippen molar-refractivity contribution in [3.05, 3.63) is 93.8 Å². The lowest BCUT2D eigenvalue weighted by Gasteiger charge is -2.37. The smallest absolute Gasteiger partial charge is 0.232 e. The second-order valence-corrected chi connectivity index (χ2v) is 13.1. The highest BCUT2D eigenvalue weighted by atomic mass is 32.2. The second kappa shape index (κ2) is 10.6. The number of amides is 1. The van der Waals surface area contributed by atoms with E-state index in [2.05, 4.69) is 11.2 Å². The maximum absolute atomic E-state index is 16.0. The standard InChI is InChI=1S/C32H31FN2O5S/c1-5-15-40-22-13-14-23(24(33)17-22)30-31-25(18-32(3,4)19-41(31,38)39)34-29-26(11-8-12-27(29)36)35(30)28(37)16-21-10-7-6-9-20(21)2/h1,6-14,17,30,34,36H,15-16,18-19H2,2-4H3. The SMILES string of the molecule is C#CCOc1ccc(C2C3=C(CC(C)(C)CS3(=O)=O)Nc3c(O)cccc3N2C(=O)Cc2ccccc2C)c(F)c1. The molecule has 9 heteroatoms. The highest BCUT2D eigenvalue weighted by Gasteiger charge is 2.47. The molecule has 0 saturated heterocycles. The van der Waals surface area contributed by atoms with Crippen molar-refractivity contribution < 1.29 is 27.4 Å². The van der Waals surface area contributed by atoms with E-state index in [1.807, 2.05) is 45.0 Å². The van der Waals surface area contributed by atoms with E-state index in [0.29, 0.717) is 12.1 Å². The van der Waals surface area contributed by atoms with Gasteiger partial charge in [-0.2, -0.15) is 0 Å². The van der Waals surface area contributed by atoms with Gasteiger partial charge in [-0.05, 0) is 54.2 Å². The Labute approximate surface area is 239 Å². The zero-order chi connectivity index (χ0) is 29.5. The monoisotopic (exact) mass is 574 g/mol. The fraction of sp³-hybridized carbons (Fsp3) is 0.281. The average Bonchev–Trinajstić information content (AvgIpc) is 3.03. The minimum atomic E-state index is -4.01. The largest absolute Gasteiger partial charge is 0.506 e. The van der Waals surface area contributed by atoms with Crippen LogP contribution in [0.2, 0.25) is 0 Å². The minimum absolute atomic E-state index is 0.0232. The molecule has 0 aromatic heterocycles. The van der Waals surface area contributed by atoms with Crippen molar-refractivity contribution in [3.8, 4) is 23.8 Å². The summed E-state index contributed by atoms with van der Waals surface area (Å²) < 4.78 is 49.4. The molecule has 0 radical (unpaired) electrons. The second-order valence-electron chi connectivity index (χ2n) is 11.2. The number of ether oxygens (including phenoxy) is 1. The number of para-hydroxylation sites is 1. The van der Waals surface area contributed by atoms with Crippen molar-refractivity contribution in [2.45, 2.75) is 39.7 Å². The van der Waals surface area contributed by atoms with Crippen molar-refractivity contribution in [2.24, 2.45) is 5.41 Å². The number of hydrogen-bond acceptors (Lipinski definition) is 6. The number of nitrogens with zero attached hydrogens (tertiary/aromatic N) is 1. The maximum Gasteiger partial charge on any atom is 0.232 e. The molecule has 0 fully saturated rings. The van der Waals surface area contributed by atoms with Crippen LogP contribution in [0, 0.1) is 30.5 Å². The molecule has 0 bridgehead atoms. The Morgan fingerprint density at radius 3 is 2.66 bits per heavy atom. The number of sulfone groups is 1. The van der Waals surface area contributed by atoms with Gasteiger partial charge in [0.15, 0.2) is 9.84 Å². The maximum atomic E-state index is 16.0. The normalized spacial score (nSPS) is 18.8. The van der Waals surface area contributed by atoms with Crippen LogP contribution in [0.25, 0.3) is 0 Å². The first kappa shape index (κ1) is 28.2. The number of aryl methyl sites for hydroxylation is 1. The van der Waals surface area contributed by atoms with Gasteiger partial charge >= 0.3 is 0 Å². The first-order chi connectivity index (χ1) is 19.4. The molecule has 1 unspecified atom stereocenters. The summed E-state index contributed by atoms with van der Waals surface area (Å²) >= 11 is 0. The molecule has 1 amide bonds. The number of aromatic hydroxyl groups is 1. The molecule has 1 atom stereocenters. The number of hydrogen-bond donors (Lipinski definition) is 2. The number of fused-ring (bicyclic) bond motifs is 1. The summed E-state index contributed by atoms with van der Waals surface area (Å²) in [5.41, 5.74) is 1.69. The lowest BCUT2D eigenvalue weighted by atomic mass is 9.88. The first-order valence-electron chi connectivity index (χ1n) is 13.2. The van der Waals surface area contributed by atoms with E-state index in [4.69, 9.17) is 11.2 Å². The number of phenolic OH excluding ortho intramolecular Hbond substituents is 1. The summed E-state index contributed by atoms with van der Waals surface area (Å²) in [6.45, 7) is 5.48. The van der Waals surface area contributed by atoms with Crippen LogP contribution in [0.1, 0.15) is 43.0 Å². The Hall–Kier alpha value is -4.29. The van der Waals surface area contributed by atoms with E-state index in [-0.39, 0.29) is 52.1 Å². The number of benzene rings is 3. The molecule has 7 nitrogen and oxygen atoms in total. The van der Waals surface area contributed by atoms with Gasteiger partial charge in [0, 0.05) is 17.3 Å². The third-order valence-electron chi connectivity index (χ3n) is 7.39. The Balaban J connectivity index is 1.79. The van der Waals surface area contributed by atoms with Gasteiger partial charge in [0.25, 0.3) is 0 Å². The number of phenols is 1. The molecule has 0 spiro atoms. The highest BCUT2D eigenvalue weighted by molar-refractivity contribution is 7.95. The van der Waals surface area contributed by atoms with Crippen LogP contribution in [0.15, 0.2) is 71.3 Å². The summed E-state index contributed by atoms with van der Waals surface area (Å²) in [4.78, 5) is 15.5. The van der Waals surface area contributed by atoms with E-state index < -0.39 is 33.0 Å². The van der Waals surface area contributed by atoms with Crippen molar-refractivity contribution in [1.82, 2.24) is 0 Å². The zero-order valence-corrected chi connectivity index (χ0v) is 23.9. The van der Waals surface area contributed by atoms with Crippen LogP contribution in [-0.4, -0.2) is 31.8 Å². The molecule has 2 aliphatic rings. The highest BCUT2D eigenvalue weighted by Crippen LogP contribution is 2.51. The van der Waals surface area contributed by atoms with Crippen LogP contribution < -0.4 is 15.0 Å². The van der Waals surface area contributed by atoms with Gasteiger partial charge in [-0.25, -0.2) is 12.8 Å². The third kappa shape index (κ3) is 5.40. The number of rotatable bonds is 5. The molecule has 0 aliphatic carbocycles. The van der Waals surface area contributed by atoms with Crippen LogP contribution in [-0.2, 0) is 21.1 Å². The summed E-state index contributed by atoms with van der Waals surface area (Å²) in [6.07, 6.45) is 5.50. The van der Waals surface area contributed by atoms with E-state index in [0.717, 1.165) is 17.2 Å². The van der Waals surface area contributed by atoms with E-state index in [1.165, 1.54) is 23.1 Å². The molecule has 2 N–H and O–H groups in total. The molecule has 3 aromatic carbocycles. The predicted octanol–water partition coefficient (Wildman–Crippen LogP) is 5.65. The molecule has 2 heterocycles. The zero-order valence-electron chi connectivity index (χ0n) is 23.1. The minimum Gasteiger partial charge on any atom is -0.506 e. The van der Waals surface area contributed by atoms with Crippen molar-refractivity contribution in [2.75, 3.05) is 22.6 Å². The van der Waals surface area contributed by atoms with Crippen molar-refractivity contribution in [1.29, 1.82) is 0 Å². The van der Waals surface area contributed by atoms with Gasteiger partial charge < -0.3 is 15.2 Å². The molecule has 5 rings (SSSR count). The number of carbonyl (C=O) groups is 1. The Morgan fingerprint density at radius 2 is 1.95 bits per heavy atom. The lowest BCUT2D eigenvalue weighted by Crippen LogP contribution is -2.42. The number of halogens is 1. The number of terminal acetylenes is 1. The fourth-order valence-corrected chi connectivity index (χ4v) is 8.02. The van der Waals surface area contributed by atoms with Crippen molar-refractivity contribution >= 4 is 27.1 Å². The Bertz CT molecular complexity index is 1720. The summed E-state index contributed by atoms with van der Waals surface area (Å²) in [6, 6.07) is 14.7. The van der Waals surface area contributed by atoms with Crippen LogP contribution >= 0.6 is 0 Å². The Kier molecular flexibility index (Phi) is 7.30. The van der Waals surface area contributed by atoms with Gasteiger partial charge in [-0.1, -0.05) is 50.1 Å². The molecule has 41 heavy (non-hydrogen) atoms. The lowest BCUT2D eigenvalue weighted by molar-refractivity contribution is -0.118. The molecular formula is C32H31FN2O5S. The first-order valence-corrected chi connectivity index (χ1v) is 14.8. The van der Waals surface area contributed by atoms with Crippen LogP contribution in [0.4, 0.5) is 15.8 Å². The van der Waals surface area contributed by atoms with E-state index in [9.17, 15) is 18.3 Å². The summed E-state index contributed by atoms with van der Waals surface area (Å²) in [7, 11) is -4.01. The van der Waals surface area contributed by atoms with Gasteiger partial charge in [-0.15, -0.1) is 6.42 Å². The molecular weight excluding hydrogens is 543 g/mol. The van der Waals surface area contributed by atoms with E-state index in [1.54, 1.807) is 12.1 Å².